The Balaban J connectivity index is 2.17. The first-order valence-electron chi connectivity index (χ1n) is 4.98. The van der Waals surface area contributed by atoms with E-state index in [4.69, 9.17) is 17.3 Å². The maximum atomic E-state index is 13.2. The Hall–Kier alpha value is -0.640. The van der Waals surface area contributed by atoms with Gasteiger partial charge in [0.2, 0.25) is 0 Å². The zero-order chi connectivity index (χ0) is 11.0. The molecule has 1 aromatic rings. The first-order chi connectivity index (χ1) is 7.09. The van der Waals surface area contributed by atoms with Crippen molar-refractivity contribution in [2.75, 3.05) is 0 Å². The molecule has 0 spiro atoms. The lowest BCUT2D eigenvalue weighted by Gasteiger charge is -2.18. The number of aliphatic hydroxyl groups excluding tert-OH is 1. The number of halogens is 2. The van der Waals surface area contributed by atoms with Crippen molar-refractivity contribution >= 4 is 11.6 Å². The van der Waals surface area contributed by atoms with Crippen molar-refractivity contribution in [3.05, 3.63) is 34.6 Å². The molecule has 2 nitrogen and oxygen atoms in total. The molecule has 4 heteroatoms. The van der Waals surface area contributed by atoms with Gasteiger partial charge in [-0.25, -0.2) is 4.39 Å². The van der Waals surface area contributed by atoms with Gasteiger partial charge in [-0.3, -0.25) is 0 Å². The SMILES string of the molecule is N[C@@H](c1ccc(Cl)c(F)c1)[C@H](O)C1CC1. The molecular weight excluding hydrogens is 217 g/mol. The molecule has 1 saturated carbocycles. The highest BCUT2D eigenvalue weighted by Gasteiger charge is 2.34. The minimum absolute atomic E-state index is 0.0758. The van der Waals surface area contributed by atoms with Crippen molar-refractivity contribution in [3.8, 4) is 0 Å². The number of aliphatic hydroxyl groups is 1. The maximum absolute atomic E-state index is 13.2. The molecule has 1 fully saturated rings. The topological polar surface area (TPSA) is 46.2 Å². The summed E-state index contributed by atoms with van der Waals surface area (Å²) < 4.78 is 13.2. The summed E-state index contributed by atoms with van der Waals surface area (Å²) in [5.41, 5.74) is 6.43. The molecule has 2 atom stereocenters. The highest BCUT2D eigenvalue weighted by Crippen LogP contribution is 2.37. The van der Waals surface area contributed by atoms with Crippen LogP contribution in [0.5, 0.6) is 0 Å². The van der Waals surface area contributed by atoms with Crippen LogP contribution < -0.4 is 5.73 Å². The molecule has 2 rings (SSSR count). The van der Waals surface area contributed by atoms with Crippen molar-refractivity contribution in [2.45, 2.75) is 25.0 Å². The van der Waals surface area contributed by atoms with E-state index in [-0.39, 0.29) is 10.9 Å². The Bertz CT molecular complexity index is 368. The normalized spacial score (nSPS) is 20.0. The van der Waals surface area contributed by atoms with Crippen LogP contribution in [-0.2, 0) is 0 Å². The van der Waals surface area contributed by atoms with Gasteiger partial charge in [0.25, 0.3) is 0 Å². The van der Waals surface area contributed by atoms with E-state index in [9.17, 15) is 9.50 Å². The highest BCUT2D eigenvalue weighted by molar-refractivity contribution is 6.30. The zero-order valence-electron chi connectivity index (χ0n) is 8.16. The van der Waals surface area contributed by atoms with Crippen LogP contribution in [0, 0.1) is 11.7 Å². The number of rotatable bonds is 3. The summed E-state index contributed by atoms with van der Waals surface area (Å²) in [7, 11) is 0. The fraction of sp³-hybridized carbons (Fsp3) is 0.455. The summed E-state index contributed by atoms with van der Waals surface area (Å²) in [4.78, 5) is 0. The first kappa shape index (κ1) is 10.9. The number of benzene rings is 1. The van der Waals surface area contributed by atoms with E-state index in [0.29, 0.717) is 5.56 Å². The predicted molar refractivity (Wildman–Crippen MR) is 57.1 cm³/mol. The molecule has 0 unspecified atom stereocenters. The summed E-state index contributed by atoms with van der Waals surface area (Å²) in [6.07, 6.45) is 1.43. The van der Waals surface area contributed by atoms with Crippen LogP contribution in [0.2, 0.25) is 5.02 Å². The van der Waals surface area contributed by atoms with Crippen LogP contribution in [0.1, 0.15) is 24.4 Å². The lowest BCUT2D eigenvalue weighted by atomic mass is 9.99. The summed E-state index contributed by atoms with van der Waals surface area (Å²) >= 11 is 5.56. The fourth-order valence-electron chi connectivity index (χ4n) is 1.65. The Labute approximate surface area is 92.9 Å². The molecule has 1 aliphatic carbocycles. The van der Waals surface area contributed by atoms with Crippen LogP contribution in [0.3, 0.4) is 0 Å². The minimum atomic E-state index is -0.578. The minimum Gasteiger partial charge on any atom is -0.391 e. The lowest BCUT2D eigenvalue weighted by Crippen LogP contribution is -2.27. The van der Waals surface area contributed by atoms with Gasteiger partial charge in [0.15, 0.2) is 0 Å². The van der Waals surface area contributed by atoms with Crippen LogP contribution in [0.25, 0.3) is 0 Å². The van der Waals surface area contributed by atoms with Gasteiger partial charge in [-0.15, -0.1) is 0 Å². The van der Waals surface area contributed by atoms with Gasteiger partial charge in [-0.05, 0) is 36.5 Å². The van der Waals surface area contributed by atoms with E-state index in [1.54, 1.807) is 6.07 Å². The summed E-state index contributed by atoms with van der Waals surface area (Å²) in [6, 6.07) is 3.88. The third-order valence-corrected chi connectivity index (χ3v) is 3.11. The fourth-order valence-corrected chi connectivity index (χ4v) is 1.77. The molecule has 1 aromatic carbocycles. The van der Waals surface area contributed by atoms with E-state index in [2.05, 4.69) is 0 Å². The third kappa shape index (κ3) is 2.30. The molecule has 0 heterocycles. The quantitative estimate of drug-likeness (QED) is 0.835. The average molecular weight is 230 g/mol. The molecule has 0 aliphatic heterocycles. The second-order valence-corrected chi connectivity index (χ2v) is 4.43. The van der Waals surface area contributed by atoms with Crippen molar-refractivity contribution < 1.29 is 9.50 Å². The smallest absolute Gasteiger partial charge is 0.142 e. The molecule has 3 N–H and O–H groups in total. The number of nitrogens with two attached hydrogens (primary N) is 1. The van der Waals surface area contributed by atoms with Crippen molar-refractivity contribution in [3.63, 3.8) is 0 Å². The van der Waals surface area contributed by atoms with Gasteiger partial charge in [-0.2, -0.15) is 0 Å². The van der Waals surface area contributed by atoms with Crippen molar-refractivity contribution in [1.82, 2.24) is 0 Å². The second kappa shape index (κ2) is 4.08. The Morgan fingerprint density at radius 2 is 2.13 bits per heavy atom. The van der Waals surface area contributed by atoms with Crippen molar-refractivity contribution in [1.29, 1.82) is 0 Å². The molecule has 15 heavy (non-hydrogen) atoms. The summed E-state index contributed by atoms with van der Waals surface area (Å²) in [6.45, 7) is 0. The highest BCUT2D eigenvalue weighted by atomic mass is 35.5. The van der Waals surface area contributed by atoms with Crippen LogP contribution >= 0.6 is 11.6 Å². The molecule has 0 radical (unpaired) electrons. The van der Waals surface area contributed by atoms with Gasteiger partial charge >= 0.3 is 0 Å². The monoisotopic (exact) mass is 229 g/mol. The largest absolute Gasteiger partial charge is 0.391 e. The molecule has 0 aromatic heterocycles. The summed E-state index contributed by atoms with van der Waals surface area (Å²) in [5, 5.41) is 9.87. The Morgan fingerprint density at radius 3 is 2.67 bits per heavy atom. The number of hydrogen-bond acceptors (Lipinski definition) is 2. The third-order valence-electron chi connectivity index (χ3n) is 2.80. The molecule has 82 valence electrons. The van der Waals surface area contributed by atoms with Crippen LogP contribution in [0.15, 0.2) is 18.2 Å². The van der Waals surface area contributed by atoms with Gasteiger partial charge in [0.1, 0.15) is 5.82 Å². The molecular formula is C11H13ClFNO. The molecule has 0 amide bonds. The molecule has 1 aliphatic rings. The Morgan fingerprint density at radius 1 is 1.47 bits per heavy atom. The molecule has 0 saturated heterocycles. The lowest BCUT2D eigenvalue weighted by molar-refractivity contribution is 0.122. The van der Waals surface area contributed by atoms with E-state index in [1.165, 1.54) is 12.1 Å². The average Bonchev–Trinajstić information content (AvgIpc) is 3.03. The van der Waals surface area contributed by atoms with E-state index >= 15 is 0 Å². The standard InChI is InChI=1S/C11H13ClFNO/c12-8-4-3-7(5-9(8)13)10(14)11(15)6-1-2-6/h3-6,10-11,15H,1-2,14H2/t10-,11+/m0/s1. The first-order valence-corrected chi connectivity index (χ1v) is 5.36. The van der Waals surface area contributed by atoms with E-state index in [0.717, 1.165) is 12.8 Å². The molecule has 0 bridgehead atoms. The summed E-state index contributed by atoms with van der Waals surface area (Å²) in [5.74, 6) is -0.216. The maximum Gasteiger partial charge on any atom is 0.142 e. The van der Waals surface area contributed by atoms with Gasteiger partial charge < -0.3 is 10.8 Å². The van der Waals surface area contributed by atoms with Gasteiger partial charge in [0, 0.05) is 0 Å². The Kier molecular flexibility index (Phi) is 2.96. The van der Waals surface area contributed by atoms with Gasteiger partial charge in [0.05, 0.1) is 17.2 Å². The zero-order valence-corrected chi connectivity index (χ0v) is 8.91. The van der Waals surface area contributed by atoms with Crippen molar-refractivity contribution in [2.24, 2.45) is 11.7 Å². The number of hydrogen-bond donors (Lipinski definition) is 2. The van der Waals surface area contributed by atoms with Crippen LogP contribution in [0.4, 0.5) is 4.39 Å². The van der Waals surface area contributed by atoms with E-state index in [1.807, 2.05) is 0 Å². The second-order valence-electron chi connectivity index (χ2n) is 4.03. The van der Waals surface area contributed by atoms with Gasteiger partial charge in [-0.1, -0.05) is 17.7 Å². The van der Waals surface area contributed by atoms with E-state index < -0.39 is 18.0 Å². The predicted octanol–water partition coefficient (Wildman–Crippen LogP) is 2.25. The van der Waals surface area contributed by atoms with Crippen LogP contribution in [-0.4, -0.2) is 11.2 Å².